The molecule has 2 saturated heterocycles. The Kier molecular flexibility index (Phi) is 7.55. The summed E-state index contributed by atoms with van der Waals surface area (Å²) in [5.41, 5.74) is 3.35. The first-order valence-electron chi connectivity index (χ1n) is 11.7. The van der Waals surface area contributed by atoms with Crippen LogP contribution in [0.15, 0.2) is 60.7 Å². The summed E-state index contributed by atoms with van der Waals surface area (Å²) in [6, 6.07) is 18.7. The number of likely N-dealkylation sites (tertiary alicyclic amines) is 1. The monoisotopic (exact) mass is 417 g/mol. The second-order valence-electron chi connectivity index (χ2n) is 9.09. The fourth-order valence-electron chi connectivity index (χ4n) is 4.66. The van der Waals surface area contributed by atoms with Crippen molar-refractivity contribution in [2.24, 2.45) is 5.92 Å². The molecule has 2 aromatic carbocycles. The number of piperidine rings is 1. The van der Waals surface area contributed by atoms with E-state index < -0.39 is 0 Å². The lowest BCUT2D eigenvalue weighted by Gasteiger charge is -2.34. The zero-order valence-corrected chi connectivity index (χ0v) is 18.7. The molecule has 0 spiro atoms. The molecule has 31 heavy (non-hydrogen) atoms. The summed E-state index contributed by atoms with van der Waals surface area (Å²) < 4.78 is 0. The summed E-state index contributed by atoms with van der Waals surface area (Å²) in [6.07, 6.45) is 7.03. The Morgan fingerprint density at radius 1 is 0.935 bits per heavy atom. The van der Waals surface area contributed by atoms with Crippen molar-refractivity contribution in [1.82, 2.24) is 14.7 Å². The van der Waals surface area contributed by atoms with Crippen LogP contribution < -0.4 is 0 Å². The van der Waals surface area contributed by atoms with E-state index in [2.05, 4.69) is 65.3 Å². The predicted molar refractivity (Wildman–Crippen MR) is 128 cm³/mol. The standard InChI is InChI=1S/C27H35N3O/c1-23-7-5-16-29(21-23)22-25-11-13-26(14-12-25)27(31)30-19-17-28(18-20-30)15-6-10-24-8-3-2-4-9-24/h2-4,6,8-14,23H,5,7,15-22H2,1H3/b10-6+/t23-/m1/s1. The minimum atomic E-state index is 0.164. The van der Waals surface area contributed by atoms with E-state index in [4.69, 9.17) is 0 Å². The molecule has 2 aliphatic heterocycles. The highest BCUT2D eigenvalue weighted by Crippen LogP contribution is 2.18. The first-order valence-corrected chi connectivity index (χ1v) is 11.7. The van der Waals surface area contributed by atoms with Crippen LogP contribution in [0.1, 0.15) is 41.3 Å². The number of carbonyl (C=O) groups is 1. The molecular weight excluding hydrogens is 382 g/mol. The third-order valence-corrected chi connectivity index (χ3v) is 6.48. The SMILES string of the molecule is C[C@@H]1CCCN(Cc2ccc(C(=O)N3CCN(C/C=C/c4ccccc4)CC3)cc2)C1. The molecule has 0 N–H and O–H groups in total. The second-order valence-corrected chi connectivity index (χ2v) is 9.09. The molecule has 4 heteroatoms. The van der Waals surface area contributed by atoms with Gasteiger partial charge in [-0.1, -0.05) is 61.5 Å². The average Bonchev–Trinajstić information content (AvgIpc) is 2.80. The van der Waals surface area contributed by atoms with Crippen LogP contribution in [-0.2, 0) is 6.54 Å². The molecule has 0 saturated carbocycles. The largest absolute Gasteiger partial charge is 0.336 e. The van der Waals surface area contributed by atoms with Crippen LogP contribution in [0.5, 0.6) is 0 Å². The lowest BCUT2D eigenvalue weighted by Crippen LogP contribution is -2.48. The third-order valence-electron chi connectivity index (χ3n) is 6.48. The molecule has 0 bridgehead atoms. The molecular formula is C27H35N3O. The summed E-state index contributed by atoms with van der Waals surface area (Å²) in [5, 5.41) is 0. The van der Waals surface area contributed by atoms with Gasteiger partial charge in [-0.25, -0.2) is 0 Å². The molecule has 2 aromatic rings. The Bertz CT molecular complexity index is 854. The Morgan fingerprint density at radius 2 is 1.68 bits per heavy atom. The molecule has 2 aliphatic rings. The smallest absolute Gasteiger partial charge is 0.253 e. The van der Waals surface area contributed by atoms with E-state index in [-0.39, 0.29) is 5.91 Å². The van der Waals surface area contributed by atoms with Gasteiger partial charge in [-0.05, 0) is 48.6 Å². The quantitative estimate of drug-likeness (QED) is 0.697. The Morgan fingerprint density at radius 3 is 2.39 bits per heavy atom. The summed E-state index contributed by atoms with van der Waals surface area (Å²) in [7, 11) is 0. The van der Waals surface area contributed by atoms with Gasteiger partial charge in [-0.3, -0.25) is 14.6 Å². The van der Waals surface area contributed by atoms with Crippen molar-refractivity contribution >= 4 is 12.0 Å². The van der Waals surface area contributed by atoms with Gasteiger partial charge in [0.05, 0.1) is 0 Å². The zero-order chi connectivity index (χ0) is 21.5. The number of carbonyl (C=O) groups excluding carboxylic acids is 1. The summed E-state index contributed by atoms with van der Waals surface area (Å²) >= 11 is 0. The van der Waals surface area contributed by atoms with Crippen molar-refractivity contribution in [2.75, 3.05) is 45.8 Å². The highest BCUT2D eigenvalue weighted by molar-refractivity contribution is 5.94. The van der Waals surface area contributed by atoms with E-state index in [1.165, 1.54) is 37.1 Å². The second kappa shape index (κ2) is 10.7. The van der Waals surface area contributed by atoms with Crippen LogP contribution in [0.3, 0.4) is 0 Å². The molecule has 164 valence electrons. The van der Waals surface area contributed by atoms with E-state index in [1.807, 2.05) is 23.1 Å². The number of rotatable bonds is 6. The Balaban J connectivity index is 1.23. The maximum absolute atomic E-state index is 12.9. The predicted octanol–water partition coefficient (Wildman–Crippen LogP) is 4.39. The van der Waals surface area contributed by atoms with Crippen LogP contribution in [0, 0.1) is 5.92 Å². The van der Waals surface area contributed by atoms with Gasteiger partial charge in [0.25, 0.3) is 5.91 Å². The Labute approximate surface area is 187 Å². The number of nitrogens with zero attached hydrogens (tertiary/aromatic N) is 3. The van der Waals surface area contributed by atoms with Gasteiger partial charge in [0.1, 0.15) is 0 Å². The van der Waals surface area contributed by atoms with Crippen LogP contribution in [-0.4, -0.2) is 66.4 Å². The van der Waals surface area contributed by atoms with Crippen molar-refractivity contribution in [1.29, 1.82) is 0 Å². The average molecular weight is 418 g/mol. The minimum absolute atomic E-state index is 0.164. The number of hydrogen-bond donors (Lipinski definition) is 0. The van der Waals surface area contributed by atoms with Gasteiger partial charge < -0.3 is 4.90 Å². The third kappa shape index (κ3) is 6.28. The highest BCUT2D eigenvalue weighted by atomic mass is 16.2. The summed E-state index contributed by atoms with van der Waals surface area (Å²) in [5.74, 6) is 0.958. The molecule has 0 radical (unpaired) electrons. The number of benzene rings is 2. The number of amides is 1. The molecule has 4 rings (SSSR count). The van der Waals surface area contributed by atoms with Gasteiger partial charge in [-0.15, -0.1) is 0 Å². The van der Waals surface area contributed by atoms with Gasteiger partial charge in [-0.2, -0.15) is 0 Å². The maximum Gasteiger partial charge on any atom is 0.253 e. The summed E-state index contributed by atoms with van der Waals surface area (Å²) in [4.78, 5) is 19.9. The topological polar surface area (TPSA) is 26.8 Å². The lowest BCUT2D eigenvalue weighted by molar-refractivity contribution is 0.0650. The zero-order valence-electron chi connectivity index (χ0n) is 18.7. The molecule has 4 nitrogen and oxygen atoms in total. The maximum atomic E-state index is 12.9. The van der Waals surface area contributed by atoms with Crippen LogP contribution in [0.4, 0.5) is 0 Å². The first kappa shape index (κ1) is 21.8. The van der Waals surface area contributed by atoms with E-state index in [9.17, 15) is 4.79 Å². The molecule has 0 aliphatic carbocycles. The van der Waals surface area contributed by atoms with Crippen LogP contribution >= 0.6 is 0 Å². The highest BCUT2D eigenvalue weighted by Gasteiger charge is 2.22. The van der Waals surface area contributed by atoms with E-state index in [0.29, 0.717) is 0 Å². The molecule has 2 fully saturated rings. The normalized spacial score (nSPS) is 20.9. The lowest BCUT2D eigenvalue weighted by atomic mass is 9.99. The first-order chi connectivity index (χ1) is 15.2. The molecule has 2 heterocycles. The molecule has 0 aromatic heterocycles. The Hall–Kier alpha value is -2.43. The van der Waals surface area contributed by atoms with Crippen molar-refractivity contribution in [3.8, 4) is 0 Å². The van der Waals surface area contributed by atoms with Crippen molar-refractivity contribution in [3.05, 3.63) is 77.4 Å². The van der Waals surface area contributed by atoms with Gasteiger partial charge in [0, 0.05) is 51.4 Å². The van der Waals surface area contributed by atoms with Crippen molar-refractivity contribution < 1.29 is 4.79 Å². The number of hydrogen-bond acceptors (Lipinski definition) is 3. The van der Waals surface area contributed by atoms with Gasteiger partial charge >= 0.3 is 0 Å². The molecule has 0 unspecified atom stereocenters. The summed E-state index contributed by atoms with van der Waals surface area (Å²) in [6.45, 7) is 10.1. The fraction of sp³-hybridized carbons (Fsp3) is 0.444. The number of piperazine rings is 1. The van der Waals surface area contributed by atoms with E-state index >= 15 is 0 Å². The fourth-order valence-corrected chi connectivity index (χ4v) is 4.66. The van der Waals surface area contributed by atoms with Gasteiger partial charge in [0.2, 0.25) is 0 Å². The van der Waals surface area contributed by atoms with Gasteiger partial charge in [0.15, 0.2) is 0 Å². The van der Waals surface area contributed by atoms with E-state index in [0.717, 1.165) is 50.7 Å². The van der Waals surface area contributed by atoms with E-state index in [1.54, 1.807) is 0 Å². The molecule has 1 atom stereocenters. The van der Waals surface area contributed by atoms with Crippen molar-refractivity contribution in [2.45, 2.75) is 26.3 Å². The minimum Gasteiger partial charge on any atom is -0.336 e. The van der Waals surface area contributed by atoms with Crippen LogP contribution in [0.25, 0.3) is 6.08 Å². The van der Waals surface area contributed by atoms with Crippen LogP contribution in [0.2, 0.25) is 0 Å². The van der Waals surface area contributed by atoms with Crippen molar-refractivity contribution in [3.63, 3.8) is 0 Å². The molecule has 1 amide bonds.